The summed E-state index contributed by atoms with van der Waals surface area (Å²) < 4.78 is 61.8. The number of halogens is 1. The van der Waals surface area contributed by atoms with E-state index < -0.39 is 40.2 Å². The average Bonchev–Trinajstić information content (AvgIpc) is 3.42. The first-order chi connectivity index (χ1) is 22.5. The van der Waals surface area contributed by atoms with Crippen LogP contribution in [0.3, 0.4) is 0 Å². The Balaban J connectivity index is 1.10. The van der Waals surface area contributed by atoms with Crippen molar-refractivity contribution in [1.82, 2.24) is 14.6 Å². The number of sulfonamides is 1. The highest BCUT2D eigenvalue weighted by molar-refractivity contribution is 7.89. The van der Waals surface area contributed by atoms with Crippen LogP contribution in [-0.4, -0.2) is 85.3 Å². The van der Waals surface area contributed by atoms with Crippen LogP contribution in [0, 0.1) is 23.6 Å². The molecule has 2 saturated heterocycles. The van der Waals surface area contributed by atoms with Crippen LogP contribution in [0.15, 0.2) is 47.4 Å². The second kappa shape index (κ2) is 13.2. The lowest BCUT2D eigenvalue weighted by molar-refractivity contribution is -0.130. The zero-order chi connectivity index (χ0) is 32.9. The van der Waals surface area contributed by atoms with Crippen LogP contribution in [0.1, 0.15) is 45.1 Å². The number of hydrogen-bond acceptors (Lipinski definition) is 10. The molecule has 2 aliphatic carbocycles. The highest BCUT2D eigenvalue weighted by Gasteiger charge is 2.54. The largest absolute Gasteiger partial charge is 0.446 e. The summed E-state index contributed by atoms with van der Waals surface area (Å²) in [6.45, 7) is 4.09. The number of fused-ring (bicyclic) bond motifs is 2. The summed E-state index contributed by atoms with van der Waals surface area (Å²) in [5.74, 6) is -0.302. The molecule has 4 aliphatic rings. The number of amides is 1. The molecule has 7 rings (SSSR count). The lowest BCUT2D eigenvalue weighted by atomic mass is 9.79. The lowest BCUT2D eigenvalue weighted by Gasteiger charge is -2.33. The number of carbonyl (C=O) groups excluding carboxylic acids is 1. The molecule has 2 aliphatic heterocycles. The van der Waals surface area contributed by atoms with Gasteiger partial charge < -0.3 is 30.0 Å². The van der Waals surface area contributed by atoms with E-state index in [2.05, 4.69) is 15.6 Å². The molecule has 0 spiro atoms. The van der Waals surface area contributed by atoms with Gasteiger partial charge in [-0.3, -0.25) is 0 Å². The second-order valence-electron chi connectivity index (χ2n) is 13.6. The van der Waals surface area contributed by atoms with Crippen LogP contribution in [0.2, 0.25) is 0 Å². The van der Waals surface area contributed by atoms with Crippen LogP contribution in [0.4, 0.5) is 14.3 Å². The lowest BCUT2D eigenvalue weighted by Crippen LogP contribution is -2.52. The third-order valence-corrected chi connectivity index (χ3v) is 12.2. The highest BCUT2D eigenvalue weighted by atomic mass is 32.2. The predicted molar refractivity (Wildman–Crippen MR) is 174 cm³/mol. The zero-order valence-corrected chi connectivity index (χ0v) is 28.0. The Kier molecular flexibility index (Phi) is 9.17. The molecule has 4 fully saturated rings. The molecule has 1 aromatic heterocycles. The van der Waals surface area contributed by atoms with Gasteiger partial charge in [0, 0.05) is 37.4 Å². The minimum absolute atomic E-state index is 0.0271. The van der Waals surface area contributed by atoms with E-state index in [0.717, 1.165) is 29.1 Å². The van der Waals surface area contributed by atoms with E-state index >= 15 is 0 Å². The van der Waals surface area contributed by atoms with Gasteiger partial charge in [-0.05, 0) is 67.5 Å². The zero-order valence-electron chi connectivity index (χ0n) is 26.4. The molecular formula is C33H41FN4O7S2. The Morgan fingerprint density at radius 3 is 2.77 bits per heavy atom. The molecule has 3 N–H and O–H groups in total. The first-order valence-corrected chi connectivity index (χ1v) is 18.6. The van der Waals surface area contributed by atoms with Gasteiger partial charge in [0.1, 0.15) is 11.9 Å². The van der Waals surface area contributed by atoms with Crippen LogP contribution in [0.5, 0.6) is 0 Å². The summed E-state index contributed by atoms with van der Waals surface area (Å²) in [6.07, 6.45) is 0.932. The monoisotopic (exact) mass is 688 g/mol. The number of aliphatic hydroxyl groups excluding tert-OH is 1. The van der Waals surface area contributed by atoms with E-state index in [1.165, 1.54) is 33.8 Å². The van der Waals surface area contributed by atoms with Crippen molar-refractivity contribution in [3.8, 4) is 0 Å². The molecule has 11 nitrogen and oxygen atoms in total. The topological polar surface area (TPSA) is 139 Å². The first kappa shape index (κ1) is 32.7. The van der Waals surface area contributed by atoms with Crippen molar-refractivity contribution >= 4 is 42.8 Å². The van der Waals surface area contributed by atoms with E-state index in [-0.39, 0.29) is 54.6 Å². The fraction of sp³-hybridized carbons (Fsp3) is 0.576. The van der Waals surface area contributed by atoms with E-state index in [9.17, 15) is 22.7 Å². The van der Waals surface area contributed by atoms with Crippen molar-refractivity contribution in [2.45, 2.75) is 87.5 Å². The van der Waals surface area contributed by atoms with Crippen molar-refractivity contribution in [3.63, 3.8) is 0 Å². The van der Waals surface area contributed by atoms with Gasteiger partial charge in [-0.1, -0.05) is 37.3 Å². The fourth-order valence-corrected chi connectivity index (χ4v) is 9.66. The SMILES string of the molecule is CC(C)CN(C[C@@H](O)[C@H](Cc1cccc(F)c1)NC(=O)OC1C[C@H]2C[C@H]3C1CO[C@H]3O2)S(=O)(=O)c1ccc2nc(NC3CC3)sc2c1. The number of aliphatic hydroxyl groups is 1. The quantitative estimate of drug-likeness (QED) is 0.237. The van der Waals surface area contributed by atoms with Crippen LogP contribution >= 0.6 is 11.3 Å². The van der Waals surface area contributed by atoms with Crippen molar-refractivity contribution in [2.24, 2.45) is 17.8 Å². The third-order valence-electron chi connectivity index (χ3n) is 9.42. The molecule has 7 atom stereocenters. The summed E-state index contributed by atoms with van der Waals surface area (Å²) in [7, 11) is -4.06. The Bertz CT molecular complexity index is 1720. The number of thiazole rings is 1. The molecule has 47 heavy (non-hydrogen) atoms. The van der Waals surface area contributed by atoms with E-state index in [1.807, 2.05) is 13.8 Å². The van der Waals surface area contributed by atoms with E-state index in [4.69, 9.17) is 14.2 Å². The molecule has 1 amide bonds. The van der Waals surface area contributed by atoms with E-state index in [0.29, 0.717) is 30.1 Å². The molecule has 254 valence electrons. The molecule has 0 radical (unpaired) electrons. The van der Waals surface area contributed by atoms with Gasteiger partial charge >= 0.3 is 6.09 Å². The molecule has 2 aromatic carbocycles. The number of benzene rings is 2. The second-order valence-corrected chi connectivity index (χ2v) is 16.6. The standard InChI is InChI=1S/C33H41FN4O7S2/c1-18(2)15-38(47(41,42)23-8-9-26-30(14-23)46-32(36-26)35-21-6-7-21)16-28(39)27(11-19-4-3-5-20(34)10-19)37-33(40)45-29-13-22-12-24-25(29)17-43-31(24)44-22/h3-5,8-10,14,18,21-22,24-25,27-29,31,39H,6-7,11-13,15-17H2,1-2H3,(H,35,36)(H,37,40)/t22-,24+,25?,27+,28-,29?,31+/m1/s1. The van der Waals surface area contributed by atoms with Gasteiger partial charge in [0.25, 0.3) is 0 Å². The number of aromatic nitrogens is 1. The summed E-state index contributed by atoms with van der Waals surface area (Å²) >= 11 is 1.41. The van der Waals surface area contributed by atoms with Gasteiger partial charge in [-0.25, -0.2) is 22.6 Å². The van der Waals surface area contributed by atoms with Crippen LogP contribution < -0.4 is 10.6 Å². The number of anilines is 1. The number of rotatable bonds is 13. The third kappa shape index (κ3) is 7.27. The average molecular weight is 689 g/mol. The van der Waals surface area contributed by atoms with Crippen LogP contribution in [-0.2, 0) is 30.7 Å². The number of ether oxygens (including phenoxy) is 3. The maximum absolute atomic E-state index is 14.1. The summed E-state index contributed by atoms with van der Waals surface area (Å²) in [4.78, 5) is 18.0. The Hall–Kier alpha value is -2.88. The predicted octanol–water partition coefficient (Wildman–Crippen LogP) is 4.50. The number of nitrogens with one attached hydrogen (secondary N) is 2. The fourth-order valence-electron chi connectivity index (χ4n) is 6.95. The van der Waals surface area contributed by atoms with Gasteiger partial charge in [-0.2, -0.15) is 4.31 Å². The van der Waals surface area contributed by atoms with E-state index in [1.54, 1.807) is 24.3 Å². The molecule has 14 heteroatoms. The van der Waals surface area contributed by atoms with Gasteiger partial charge in [0.2, 0.25) is 10.0 Å². The molecule has 2 bridgehead atoms. The Labute approximate surface area is 277 Å². The molecule has 2 unspecified atom stereocenters. The maximum atomic E-state index is 14.1. The molecule has 3 aromatic rings. The van der Waals surface area contributed by atoms with Gasteiger partial charge in [0.15, 0.2) is 11.4 Å². The Morgan fingerprint density at radius 1 is 1.17 bits per heavy atom. The number of carbonyl (C=O) groups is 1. The molecular weight excluding hydrogens is 648 g/mol. The van der Waals surface area contributed by atoms with Gasteiger partial charge in [0.05, 0.1) is 40.0 Å². The summed E-state index contributed by atoms with van der Waals surface area (Å²) in [6, 6.07) is 10.2. The maximum Gasteiger partial charge on any atom is 0.407 e. The minimum Gasteiger partial charge on any atom is -0.446 e. The normalized spacial score (nSPS) is 26.6. The number of alkyl carbamates (subject to hydrolysis) is 1. The number of nitrogens with zero attached hydrogens (tertiary/aromatic N) is 2. The molecule has 2 saturated carbocycles. The van der Waals surface area contributed by atoms with Crippen molar-refractivity contribution in [2.75, 3.05) is 25.0 Å². The smallest absolute Gasteiger partial charge is 0.407 e. The number of hydrogen-bond donors (Lipinski definition) is 3. The van der Waals surface area contributed by atoms with Crippen LogP contribution in [0.25, 0.3) is 10.2 Å². The Morgan fingerprint density at radius 2 is 2.00 bits per heavy atom. The van der Waals surface area contributed by atoms with Crippen molar-refractivity contribution < 1.29 is 36.9 Å². The van der Waals surface area contributed by atoms with Gasteiger partial charge in [-0.15, -0.1) is 0 Å². The minimum atomic E-state index is -4.06. The summed E-state index contributed by atoms with van der Waals surface area (Å²) in [5, 5.41) is 18.5. The summed E-state index contributed by atoms with van der Waals surface area (Å²) in [5.41, 5.74) is 1.25. The first-order valence-electron chi connectivity index (χ1n) is 16.4. The molecule has 3 heterocycles. The van der Waals surface area contributed by atoms with Crippen molar-refractivity contribution in [3.05, 3.63) is 53.8 Å². The highest BCUT2D eigenvalue weighted by Crippen LogP contribution is 2.47. The van der Waals surface area contributed by atoms with Crippen molar-refractivity contribution in [1.29, 1.82) is 0 Å².